The number of hydrogen-bond donors (Lipinski definition) is 1. The second-order valence-electron chi connectivity index (χ2n) is 13.9. The van der Waals surface area contributed by atoms with E-state index in [0.717, 1.165) is 64.0 Å². The molecule has 2 fully saturated rings. The summed E-state index contributed by atoms with van der Waals surface area (Å²) in [4.78, 5) is 54.0. The number of carbonyl (C=O) groups excluding carboxylic acids is 1. The number of anilines is 3. The molecule has 12 heteroatoms. The Morgan fingerprint density at radius 3 is 2.59 bits per heavy atom. The molecular weight excluding hydrogens is 620 g/mol. The monoisotopic (exact) mass is 662 g/mol. The normalized spacial score (nSPS) is 24.4. The number of carbonyl (C=O) groups is 1. The molecule has 0 aromatic carbocycles. The summed E-state index contributed by atoms with van der Waals surface area (Å²) >= 11 is 0. The van der Waals surface area contributed by atoms with Gasteiger partial charge in [0.05, 0.1) is 37.1 Å². The smallest absolute Gasteiger partial charge is 0.276 e. The van der Waals surface area contributed by atoms with Crippen LogP contribution in [0.15, 0.2) is 69.7 Å². The van der Waals surface area contributed by atoms with Crippen molar-refractivity contribution in [1.82, 2.24) is 23.4 Å². The molecule has 4 aromatic heterocycles. The highest BCUT2D eigenvalue weighted by Gasteiger charge is 2.36. The summed E-state index contributed by atoms with van der Waals surface area (Å²) in [5.41, 5.74) is 5.34. The van der Waals surface area contributed by atoms with Gasteiger partial charge in [0.1, 0.15) is 29.5 Å². The summed E-state index contributed by atoms with van der Waals surface area (Å²) in [6.07, 6.45) is 14.9. The van der Waals surface area contributed by atoms with Crippen molar-refractivity contribution in [2.75, 3.05) is 36.5 Å². The molecule has 12 nitrogen and oxygen atoms in total. The third kappa shape index (κ3) is 5.52. The molecule has 8 rings (SSSR count). The average Bonchev–Trinajstić information content (AvgIpc) is 3.47. The number of ether oxygens (including phenoxy) is 1. The minimum atomic E-state index is -0.751. The lowest BCUT2D eigenvalue weighted by Gasteiger charge is -2.50. The topological polar surface area (TPSA) is 118 Å². The molecule has 1 aliphatic carbocycles. The number of rotatable bonds is 7. The fourth-order valence-corrected chi connectivity index (χ4v) is 8.02. The number of nitrogens with zero attached hydrogens (tertiary/aromatic N) is 7. The molecule has 0 spiro atoms. The van der Waals surface area contributed by atoms with E-state index in [1.807, 2.05) is 35.0 Å². The van der Waals surface area contributed by atoms with Gasteiger partial charge in [0, 0.05) is 62.7 Å². The number of hydrogen-bond acceptors (Lipinski definition) is 9. The van der Waals surface area contributed by atoms with Crippen molar-refractivity contribution in [3.63, 3.8) is 0 Å². The van der Waals surface area contributed by atoms with Crippen LogP contribution in [-0.4, -0.2) is 80.3 Å². The maximum absolute atomic E-state index is 13.8. The molecule has 4 aromatic rings. The van der Waals surface area contributed by atoms with E-state index in [1.54, 1.807) is 42.4 Å². The highest BCUT2D eigenvalue weighted by molar-refractivity contribution is 5.93. The number of dihydropyridines is 1. The fourth-order valence-electron chi connectivity index (χ4n) is 8.02. The van der Waals surface area contributed by atoms with Gasteiger partial charge in [-0.25, -0.2) is 4.98 Å². The van der Waals surface area contributed by atoms with Gasteiger partial charge in [0.25, 0.3) is 11.1 Å². The molecule has 4 aliphatic rings. The van der Waals surface area contributed by atoms with E-state index in [1.165, 1.54) is 15.8 Å². The van der Waals surface area contributed by atoms with Crippen molar-refractivity contribution < 1.29 is 9.53 Å². The van der Waals surface area contributed by atoms with Crippen LogP contribution in [-0.2, 0) is 29.4 Å². The van der Waals surface area contributed by atoms with Crippen LogP contribution in [0.4, 0.5) is 17.2 Å². The van der Waals surface area contributed by atoms with Gasteiger partial charge >= 0.3 is 0 Å². The first-order valence-electron chi connectivity index (χ1n) is 17.3. The van der Waals surface area contributed by atoms with Crippen LogP contribution >= 0.6 is 0 Å². The van der Waals surface area contributed by atoms with Gasteiger partial charge in [-0.05, 0) is 86.6 Å². The maximum Gasteiger partial charge on any atom is 0.276 e. The minimum absolute atomic E-state index is 0.178. The summed E-state index contributed by atoms with van der Waals surface area (Å²) in [7, 11) is 1.68. The Labute approximate surface area is 284 Å². The second-order valence-corrected chi connectivity index (χ2v) is 13.9. The van der Waals surface area contributed by atoms with Crippen molar-refractivity contribution in [2.45, 2.75) is 63.8 Å². The zero-order valence-electron chi connectivity index (χ0n) is 28.2. The van der Waals surface area contributed by atoms with Crippen molar-refractivity contribution in [1.29, 1.82) is 0 Å². The van der Waals surface area contributed by atoms with Gasteiger partial charge in [-0.2, -0.15) is 0 Å². The average molecular weight is 663 g/mol. The van der Waals surface area contributed by atoms with E-state index in [4.69, 9.17) is 4.74 Å². The molecule has 3 aliphatic heterocycles. The first kappa shape index (κ1) is 31.5. The van der Waals surface area contributed by atoms with Gasteiger partial charge in [0.15, 0.2) is 0 Å². The summed E-state index contributed by atoms with van der Waals surface area (Å²) in [6.45, 7) is 8.00. The lowest BCUT2D eigenvalue weighted by atomic mass is 9.89. The third-order valence-corrected chi connectivity index (χ3v) is 10.8. The summed E-state index contributed by atoms with van der Waals surface area (Å²) in [5.74, 6) is -0.193. The van der Waals surface area contributed by atoms with Gasteiger partial charge in [-0.3, -0.25) is 24.0 Å². The van der Waals surface area contributed by atoms with E-state index >= 15 is 0 Å². The number of allylic oxidation sites excluding steroid dienone is 1. The van der Waals surface area contributed by atoms with Crippen LogP contribution in [0.3, 0.4) is 0 Å². The van der Waals surface area contributed by atoms with Crippen molar-refractivity contribution >= 4 is 40.8 Å². The Morgan fingerprint density at radius 2 is 1.84 bits per heavy atom. The van der Waals surface area contributed by atoms with Crippen molar-refractivity contribution in [2.24, 2.45) is 18.0 Å². The molecule has 0 bridgehead atoms. The third-order valence-electron chi connectivity index (χ3n) is 10.8. The molecule has 0 amide bonds. The van der Waals surface area contributed by atoms with E-state index in [9.17, 15) is 14.4 Å². The number of aliphatic imine (C=N–C) groups is 1. The molecule has 4 atom stereocenters. The van der Waals surface area contributed by atoms with Gasteiger partial charge < -0.3 is 28.7 Å². The summed E-state index contributed by atoms with van der Waals surface area (Å²) in [5, 5.41) is 3.22. The number of aryl methyl sites for hydroxylation is 3. The summed E-state index contributed by atoms with van der Waals surface area (Å²) in [6, 6.07) is 8.91. The van der Waals surface area contributed by atoms with E-state index in [0.29, 0.717) is 46.3 Å². The highest BCUT2D eigenvalue weighted by Crippen LogP contribution is 2.35. The zero-order chi connectivity index (χ0) is 33.8. The Bertz CT molecular complexity index is 2090. The van der Waals surface area contributed by atoms with Gasteiger partial charge in [-0.1, -0.05) is 0 Å². The van der Waals surface area contributed by atoms with Crippen LogP contribution in [0, 0.1) is 5.92 Å². The van der Waals surface area contributed by atoms with Crippen LogP contribution in [0.5, 0.6) is 0 Å². The molecule has 49 heavy (non-hydrogen) atoms. The molecule has 0 radical (unpaired) electrons. The number of aldehydes is 1. The number of nitrogens with one attached hydrogen (secondary N) is 1. The zero-order valence-corrected chi connectivity index (χ0v) is 28.2. The first-order valence-corrected chi connectivity index (χ1v) is 17.3. The van der Waals surface area contributed by atoms with Gasteiger partial charge in [-0.15, -0.1) is 0 Å². The molecule has 0 saturated carbocycles. The lowest BCUT2D eigenvalue weighted by Crippen LogP contribution is -2.63. The summed E-state index contributed by atoms with van der Waals surface area (Å²) < 4.78 is 10.5. The lowest BCUT2D eigenvalue weighted by molar-refractivity contribution is -0.110. The van der Waals surface area contributed by atoms with E-state index < -0.39 is 12.1 Å². The quantitative estimate of drug-likeness (QED) is 0.299. The fraction of sp³-hybridized carbons (Fsp3) is 0.432. The molecule has 2 saturated heterocycles. The number of fused-ring (bicyclic) bond motifs is 3. The number of aromatic nitrogens is 4. The van der Waals surface area contributed by atoms with Crippen molar-refractivity contribution in [3.05, 3.63) is 92.7 Å². The predicted octanol–water partition coefficient (Wildman–Crippen LogP) is 3.60. The Balaban J connectivity index is 1.04. The van der Waals surface area contributed by atoms with Crippen LogP contribution in [0.25, 0.3) is 11.1 Å². The molecule has 2 unspecified atom stereocenters. The highest BCUT2D eigenvalue weighted by atomic mass is 16.5. The largest absolute Gasteiger partial charge is 0.378 e. The number of pyridine rings is 2. The molecule has 254 valence electrons. The Hall–Kier alpha value is -4.81. The second kappa shape index (κ2) is 12.6. The van der Waals surface area contributed by atoms with Crippen LogP contribution < -0.4 is 21.3 Å². The minimum Gasteiger partial charge on any atom is -0.378 e. The van der Waals surface area contributed by atoms with Crippen LogP contribution in [0.2, 0.25) is 0 Å². The first-order chi connectivity index (χ1) is 23.8. The molecule has 1 N–H and O–H groups in total. The van der Waals surface area contributed by atoms with Crippen molar-refractivity contribution in [3.8, 4) is 0 Å². The SMILES string of the molecule is C[C@@H]1CN(c2ccc(Nc3cc(C4=CC=NC(n5ccn6c7c(cc6c5=O)CCCC7)C4C=O)cn(C)c3=O)nc2)[C@@H](C)CN1C1COC1. The number of piperazine rings is 1. The van der Waals surface area contributed by atoms with E-state index in [2.05, 4.69) is 38.9 Å². The maximum atomic E-state index is 13.8. The Kier molecular flexibility index (Phi) is 8.07. The van der Waals surface area contributed by atoms with E-state index in [-0.39, 0.29) is 11.1 Å². The van der Waals surface area contributed by atoms with Crippen LogP contribution in [0.1, 0.15) is 49.7 Å². The standard InChI is InChI=1S/C37H42N8O4/c1-23-18-45(28-21-49-22-28)24(2)17-44(23)27-8-9-34(39-16-27)40-31-14-26(19-41(3)36(31)47)29-10-11-38-35(30(29)20-46)43-13-12-42-32-7-5-4-6-25(32)15-33(42)37(43)48/h8-16,19-20,23-24,28,30,35H,4-7,17-18,21-22H2,1-3H3,(H,39,40)/t23-,24+,30?,35?/m0/s1. The predicted molar refractivity (Wildman–Crippen MR) is 190 cm³/mol. The van der Waals surface area contributed by atoms with Gasteiger partial charge in [0.2, 0.25) is 0 Å². The molecular formula is C37H42N8O4. The molecule has 7 heterocycles. The Morgan fingerprint density at radius 1 is 1.00 bits per heavy atom.